The van der Waals surface area contributed by atoms with E-state index in [4.69, 9.17) is 16.1 Å². The molecule has 0 aliphatic heterocycles. The summed E-state index contributed by atoms with van der Waals surface area (Å²) < 4.78 is 0. The van der Waals surface area contributed by atoms with E-state index in [1.54, 1.807) is 0 Å². The first-order valence-corrected chi connectivity index (χ1v) is 7.14. The van der Waals surface area contributed by atoms with Gasteiger partial charge in [-0.15, -0.1) is 0 Å². The van der Waals surface area contributed by atoms with E-state index in [0.29, 0.717) is 6.04 Å². The van der Waals surface area contributed by atoms with E-state index in [1.807, 2.05) is 0 Å². The minimum atomic E-state index is 0.118. The molecule has 4 nitrogen and oxygen atoms in total. The first kappa shape index (κ1) is 13.8. The summed E-state index contributed by atoms with van der Waals surface area (Å²) in [5, 5.41) is 7.79. The number of fused-ring (bicyclic) bond motifs is 1. The molecule has 4 heteroatoms. The minimum Gasteiger partial charge on any atom is -0.384 e. The van der Waals surface area contributed by atoms with Gasteiger partial charge in [-0.25, -0.2) is 4.98 Å². The minimum absolute atomic E-state index is 0.118. The van der Waals surface area contributed by atoms with Crippen molar-refractivity contribution in [2.75, 3.05) is 11.9 Å². The Kier molecular flexibility index (Phi) is 4.08. The van der Waals surface area contributed by atoms with E-state index >= 15 is 0 Å². The van der Waals surface area contributed by atoms with Crippen LogP contribution in [0.2, 0.25) is 0 Å². The third-order valence-corrected chi connectivity index (χ3v) is 4.02. The molecule has 0 fully saturated rings. The number of amidine groups is 1. The molecule has 19 heavy (non-hydrogen) atoms. The molecule has 0 bridgehead atoms. The van der Waals surface area contributed by atoms with Crippen molar-refractivity contribution in [3.63, 3.8) is 0 Å². The summed E-state index contributed by atoms with van der Waals surface area (Å²) in [4.78, 5) is 6.95. The van der Waals surface area contributed by atoms with Crippen molar-refractivity contribution in [3.8, 4) is 0 Å². The fourth-order valence-electron chi connectivity index (χ4n) is 2.75. The Morgan fingerprint density at radius 3 is 2.89 bits per heavy atom. The Morgan fingerprint density at radius 2 is 2.26 bits per heavy atom. The average Bonchev–Trinajstić information content (AvgIpc) is 2.83. The monoisotopic (exact) mass is 260 g/mol. The van der Waals surface area contributed by atoms with Gasteiger partial charge in [0.15, 0.2) is 0 Å². The molecule has 0 saturated heterocycles. The van der Waals surface area contributed by atoms with Crippen molar-refractivity contribution in [1.82, 2.24) is 4.98 Å². The molecule has 2 rings (SSSR count). The zero-order valence-electron chi connectivity index (χ0n) is 12.2. The molecule has 1 aliphatic carbocycles. The van der Waals surface area contributed by atoms with Crippen LogP contribution in [-0.2, 0) is 12.8 Å². The molecule has 0 saturated carbocycles. The number of aryl methyl sites for hydroxylation is 2. The fraction of sp³-hybridized carbons (Fsp3) is 0.600. The van der Waals surface area contributed by atoms with Gasteiger partial charge in [0.05, 0.1) is 5.56 Å². The quantitative estimate of drug-likeness (QED) is 0.631. The van der Waals surface area contributed by atoms with Crippen molar-refractivity contribution in [3.05, 3.63) is 22.9 Å². The van der Waals surface area contributed by atoms with Gasteiger partial charge in [-0.3, -0.25) is 5.41 Å². The molecule has 1 atom stereocenters. The molecule has 0 radical (unpaired) electrons. The van der Waals surface area contributed by atoms with Crippen LogP contribution >= 0.6 is 0 Å². The number of hydrogen-bond donors (Lipinski definition) is 2. The average molecular weight is 260 g/mol. The summed E-state index contributed by atoms with van der Waals surface area (Å²) in [7, 11) is 2.05. The van der Waals surface area contributed by atoms with Gasteiger partial charge in [-0.2, -0.15) is 0 Å². The van der Waals surface area contributed by atoms with Crippen LogP contribution in [0.1, 0.15) is 49.9 Å². The Hall–Kier alpha value is -1.58. The summed E-state index contributed by atoms with van der Waals surface area (Å²) >= 11 is 0. The van der Waals surface area contributed by atoms with Gasteiger partial charge in [0, 0.05) is 18.8 Å². The maximum absolute atomic E-state index is 7.79. The number of aromatic nitrogens is 1. The lowest BCUT2D eigenvalue weighted by atomic mass is 10.1. The third-order valence-electron chi connectivity index (χ3n) is 4.02. The zero-order chi connectivity index (χ0) is 14.0. The van der Waals surface area contributed by atoms with E-state index < -0.39 is 0 Å². The van der Waals surface area contributed by atoms with E-state index in [0.717, 1.165) is 43.5 Å². The highest BCUT2D eigenvalue weighted by atomic mass is 15.2. The predicted molar refractivity (Wildman–Crippen MR) is 80.1 cm³/mol. The molecule has 0 amide bonds. The molecular formula is C15H24N4. The summed E-state index contributed by atoms with van der Waals surface area (Å²) in [5.74, 6) is 0.988. The maximum Gasteiger partial charge on any atom is 0.139 e. The second-order valence-corrected chi connectivity index (χ2v) is 5.48. The standard InChI is InChI=1S/C15H24N4/c1-4-6-10(2)19(3)15-12(14(16)17)9-11-7-5-8-13(11)18-15/h9-10H,4-8H2,1-3H3,(H3,16,17). The molecule has 1 heterocycles. The van der Waals surface area contributed by atoms with Gasteiger partial charge in [0.2, 0.25) is 0 Å². The number of nitrogens with two attached hydrogens (primary N) is 1. The highest BCUT2D eigenvalue weighted by Gasteiger charge is 2.21. The number of rotatable bonds is 5. The topological polar surface area (TPSA) is 66.0 Å². The van der Waals surface area contributed by atoms with Crippen LogP contribution < -0.4 is 10.6 Å². The predicted octanol–water partition coefficient (Wildman–Crippen LogP) is 2.48. The normalized spacial score (nSPS) is 15.1. The van der Waals surface area contributed by atoms with Crippen LogP contribution in [0.25, 0.3) is 0 Å². The summed E-state index contributed by atoms with van der Waals surface area (Å²) in [5.41, 5.74) is 8.98. The highest BCUT2D eigenvalue weighted by molar-refractivity contribution is 5.99. The number of pyridine rings is 1. The first-order valence-electron chi connectivity index (χ1n) is 7.14. The van der Waals surface area contributed by atoms with Gasteiger partial charge in [0.1, 0.15) is 11.7 Å². The van der Waals surface area contributed by atoms with Crippen molar-refractivity contribution in [2.45, 2.75) is 52.0 Å². The number of nitrogens with zero attached hydrogens (tertiary/aromatic N) is 2. The number of nitrogens with one attached hydrogen (secondary N) is 1. The van der Waals surface area contributed by atoms with Crippen molar-refractivity contribution in [2.24, 2.45) is 5.73 Å². The molecule has 3 N–H and O–H groups in total. The molecule has 1 unspecified atom stereocenters. The second-order valence-electron chi connectivity index (χ2n) is 5.48. The van der Waals surface area contributed by atoms with Gasteiger partial charge in [-0.05, 0) is 44.2 Å². The Bertz CT molecular complexity index is 481. The second kappa shape index (κ2) is 5.59. The van der Waals surface area contributed by atoms with Gasteiger partial charge in [-0.1, -0.05) is 13.3 Å². The number of nitrogen functional groups attached to an aromatic ring is 1. The van der Waals surface area contributed by atoms with E-state index in [2.05, 4.69) is 31.9 Å². The van der Waals surface area contributed by atoms with Crippen molar-refractivity contribution >= 4 is 11.7 Å². The van der Waals surface area contributed by atoms with Crippen LogP contribution in [0.5, 0.6) is 0 Å². The lowest BCUT2D eigenvalue weighted by Gasteiger charge is -2.28. The molecular weight excluding hydrogens is 236 g/mol. The number of hydrogen-bond acceptors (Lipinski definition) is 3. The molecule has 0 spiro atoms. The van der Waals surface area contributed by atoms with Crippen LogP contribution in [0.3, 0.4) is 0 Å². The Balaban J connectivity index is 2.40. The van der Waals surface area contributed by atoms with Gasteiger partial charge >= 0.3 is 0 Å². The van der Waals surface area contributed by atoms with Gasteiger partial charge in [0.25, 0.3) is 0 Å². The van der Waals surface area contributed by atoms with Crippen LogP contribution in [0.4, 0.5) is 5.82 Å². The Morgan fingerprint density at radius 1 is 1.53 bits per heavy atom. The Labute approximate surface area is 115 Å². The molecule has 1 aromatic rings. The van der Waals surface area contributed by atoms with E-state index in [-0.39, 0.29) is 5.84 Å². The number of anilines is 1. The highest BCUT2D eigenvalue weighted by Crippen LogP contribution is 2.28. The largest absolute Gasteiger partial charge is 0.384 e. The van der Waals surface area contributed by atoms with Crippen molar-refractivity contribution < 1.29 is 0 Å². The lowest BCUT2D eigenvalue weighted by Crippen LogP contribution is -2.32. The van der Waals surface area contributed by atoms with E-state index in [9.17, 15) is 0 Å². The molecule has 0 aromatic carbocycles. The van der Waals surface area contributed by atoms with Gasteiger partial charge < -0.3 is 10.6 Å². The summed E-state index contributed by atoms with van der Waals surface area (Å²) in [6.45, 7) is 4.38. The molecule has 1 aromatic heterocycles. The van der Waals surface area contributed by atoms with E-state index in [1.165, 1.54) is 11.3 Å². The first-order chi connectivity index (χ1) is 9.04. The van der Waals surface area contributed by atoms with Crippen LogP contribution in [0, 0.1) is 5.41 Å². The maximum atomic E-state index is 7.79. The smallest absolute Gasteiger partial charge is 0.139 e. The zero-order valence-corrected chi connectivity index (χ0v) is 12.2. The SMILES string of the molecule is CCCC(C)N(C)c1nc2c(cc1C(=N)N)CCC2. The fourth-order valence-corrected chi connectivity index (χ4v) is 2.75. The summed E-state index contributed by atoms with van der Waals surface area (Å²) in [6.07, 6.45) is 5.55. The summed E-state index contributed by atoms with van der Waals surface area (Å²) in [6, 6.07) is 2.48. The molecule has 1 aliphatic rings. The van der Waals surface area contributed by atoms with Crippen LogP contribution in [0.15, 0.2) is 6.07 Å². The molecule has 104 valence electrons. The van der Waals surface area contributed by atoms with Crippen molar-refractivity contribution in [1.29, 1.82) is 5.41 Å². The lowest BCUT2D eigenvalue weighted by molar-refractivity contribution is 0.610. The van der Waals surface area contributed by atoms with Crippen LogP contribution in [-0.4, -0.2) is 23.9 Å². The third kappa shape index (κ3) is 2.72.